The summed E-state index contributed by atoms with van der Waals surface area (Å²) in [5, 5.41) is 4.94. The van der Waals surface area contributed by atoms with Crippen LogP contribution in [0, 0.1) is 5.82 Å². The first kappa shape index (κ1) is 18.8. The highest BCUT2D eigenvalue weighted by Crippen LogP contribution is 2.35. The second-order valence-electron chi connectivity index (χ2n) is 5.53. The van der Waals surface area contributed by atoms with Gasteiger partial charge in [-0.15, -0.1) is 11.3 Å². The van der Waals surface area contributed by atoms with E-state index < -0.39 is 11.7 Å². The third-order valence-corrected chi connectivity index (χ3v) is 4.41. The molecule has 5 nitrogen and oxygen atoms in total. The molecule has 0 atom stereocenters. The van der Waals surface area contributed by atoms with Gasteiger partial charge in [0, 0.05) is 16.5 Å². The van der Waals surface area contributed by atoms with E-state index in [4.69, 9.17) is 9.47 Å². The Balaban J connectivity index is 1.84. The fourth-order valence-electron chi connectivity index (χ4n) is 2.50. The van der Waals surface area contributed by atoms with Gasteiger partial charge in [0.2, 0.25) is 0 Å². The number of nitrogens with zero attached hydrogens (tertiary/aromatic N) is 1. The van der Waals surface area contributed by atoms with Crippen LogP contribution in [0.1, 0.15) is 24.2 Å². The summed E-state index contributed by atoms with van der Waals surface area (Å²) < 4.78 is 24.5. The summed E-state index contributed by atoms with van der Waals surface area (Å²) in [7, 11) is 0. The average Bonchev–Trinajstić information content (AvgIpc) is 3.11. The first-order valence-electron chi connectivity index (χ1n) is 8.53. The van der Waals surface area contributed by atoms with Crippen LogP contribution in [0.3, 0.4) is 0 Å². The van der Waals surface area contributed by atoms with E-state index >= 15 is 0 Å². The highest BCUT2D eigenvalue weighted by molar-refractivity contribution is 7.14. The smallest absolute Gasteiger partial charge is 0.257 e. The topological polar surface area (TPSA) is 60.5 Å². The molecule has 27 heavy (non-hydrogen) atoms. The zero-order chi connectivity index (χ0) is 19.2. The second-order valence-corrected chi connectivity index (χ2v) is 6.38. The Morgan fingerprint density at radius 1 is 1.15 bits per heavy atom. The fraction of sp³-hybridized carbons (Fsp3) is 0.200. The summed E-state index contributed by atoms with van der Waals surface area (Å²) in [4.78, 5) is 16.7. The van der Waals surface area contributed by atoms with Crippen LogP contribution in [0.4, 0.5) is 9.52 Å². The number of carbonyl (C=O) groups is 1. The number of ether oxygens (including phenoxy) is 2. The molecule has 1 heterocycles. The van der Waals surface area contributed by atoms with E-state index in [1.165, 1.54) is 29.5 Å². The molecule has 0 bridgehead atoms. The van der Waals surface area contributed by atoms with E-state index in [0.717, 1.165) is 5.56 Å². The molecule has 1 amide bonds. The summed E-state index contributed by atoms with van der Waals surface area (Å²) in [6.45, 7) is 4.90. The van der Waals surface area contributed by atoms with Gasteiger partial charge in [-0.3, -0.25) is 10.1 Å². The molecule has 0 saturated carbocycles. The van der Waals surface area contributed by atoms with Crippen molar-refractivity contribution in [3.63, 3.8) is 0 Å². The minimum absolute atomic E-state index is 0.236. The van der Waals surface area contributed by atoms with Crippen molar-refractivity contribution in [1.29, 1.82) is 0 Å². The quantitative estimate of drug-likeness (QED) is 0.621. The summed E-state index contributed by atoms with van der Waals surface area (Å²) >= 11 is 1.28. The number of aromatic nitrogens is 1. The number of hydrogen-bond donors (Lipinski definition) is 1. The number of amides is 1. The lowest BCUT2D eigenvalue weighted by Crippen LogP contribution is -2.11. The summed E-state index contributed by atoms with van der Waals surface area (Å²) in [6, 6.07) is 11.1. The lowest BCUT2D eigenvalue weighted by molar-refractivity contribution is 0.102. The number of anilines is 1. The van der Waals surface area contributed by atoms with Crippen LogP contribution in [-0.2, 0) is 0 Å². The zero-order valence-corrected chi connectivity index (χ0v) is 15.8. The molecule has 3 rings (SSSR count). The predicted octanol–water partition coefficient (Wildman–Crippen LogP) is 5.00. The van der Waals surface area contributed by atoms with E-state index in [0.29, 0.717) is 35.5 Å². The summed E-state index contributed by atoms with van der Waals surface area (Å²) in [5.74, 6) is 0.531. The molecule has 1 aromatic heterocycles. The van der Waals surface area contributed by atoms with Gasteiger partial charge in [0.05, 0.1) is 18.9 Å². The van der Waals surface area contributed by atoms with Crippen LogP contribution in [0.15, 0.2) is 47.8 Å². The molecule has 1 N–H and O–H groups in total. The van der Waals surface area contributed by atoms with Crippen LogP contribution in [0.2, 0.25) is 0 Å². The van der Waals surface area contributed by atoms with Gasteiger partial charge in [0.1, 0.15) is 17.3 Å². The first-order chi connectivity index (χ1) is 13.1. The molecule has 0 aliphatic carbocycles. The number of benzene rings is 2. The van der Waals surface area contributed by atoms with Crippen LogP contribution in [0.25, 0.3) is 11.3 Å². The van der Waals surface area contributed by atoms with Crippen LogP contribution in [0.5, 0.6) is 11.5 Å². The van der Waals surface area contributed by atoms with Crippen molar-refractivity contribution in [2.75, 3.05) is 18.5 Å². The van der Waals surface area contributed by atoms with Gasteiger partial charge in [0.15, 0.2) is 5.13 Å². The van der Waals surface area contributed by atoms with Gasteiger partial charge in [0.25, 0.3) is 5.91 Å². The maximum atomic E-state index is 13.3. The van der Waals surface area contributed by atoms with E-state index in [1.54, 1.807) is 6.07 Å². The molecule has 0 unspecified atom stereocenters. The van der Waals surface area contributed by atoms with Gasteiger partial charge in [-0.2, -0.15) is 0 Å². The van der Waals surface area contributed by atoms with E-state index in [9.17, 15) is 9.18 Å². The van der Waals surface area contributed by atoms with Crippen LogP contribution >= 0.6 is 11.3 Å². The lowest BCUT2D eigenvalue weighted by Gasteiger charge is -2.11. The molecule has 7 heteroatoms. The Labute approximate surface area is 160 Å². The van der Waals surface area contributed by atoms with Gasteiger partial charge in [-0.25, -0.2) is 9.37 Å². The maximum Gasteiger partial charge on any atom is 0.257 e. The van der Waals surface area contributed by atoms with Crippen molar-refractivity contribution in [3.8, 4) is 22.8 Å². The number of halogens is 1. The van der Waals surface area contributed by atoms with Crippen molar-refractivity contribution in [3.05, 3.63) is 59.2 Å². The maximum absolute atomic E-state index is 13.3. The molecule has 0 aliphatic rings. The molecule has 0 radical (unpaired) electrons. The molecule has 2 aromatic carbocycles. The molecule has 140 valence electrons. The third-order valence-electron chi connectivity index (χ3n) is 3.65. The highest BCUT2D eigenvalue weighted by Gasteiger charge is 2.14. The Kier molecular flexibility index (Phi) is 6.03. The normalized spacial score (nSPS) is 10.5. The Morgan fingerprint density at radius 3 is 2.70 bits per heavy atom. The Bertz CT molecular complexity index is 942. The molecule has 3 aromatic rings. The number of hydrogen-bond acceptors (Lipinski definition) is 5. The van der Waals surface area contributed by atoms with Crippen molar-refractivity contribution in [1.82, 2.24) is 4.98 Å². The van der Waals surface area contributed by atoms with Crippen molar-refractivity contribution < 1.29 is 18.7 Å². The number of nitrogens with one attached hydrogen (secondary N) is 1. The summed E-state index contributed by atoms with van der Waals surface area (Å²) in [6.07, 6.45) is 0. The van der Waals surface area contributed by atoms with Gasteiger partial charge >= 0.3 is 0 Å². The zero-order valence-electron chi connectivity index (χ0n) is 15.0. The molecular weight excluding hydrogens is 367 g/mol. The minimum Gasteiger partial charge on any atom is -0.494 e. The summed E-state index contributed by atoms with van der Waals surface area (Å²) in [5.41, 5.74) is 1.69. The standard InChI is InChI=1S/C20H19FN2O3S/c1-3-25-15-8-9-18(26-4-2)16(11-15)17-12-27-20(22-17)23-19(24)13-6-5-7-14(21)10-13/h5-12H,3-4H2,1-2H3,(H,22,23,24). The second kappa shape index (κ2) is 8.64. The molecular formula is C20H19FN2O3S. The highest BCUT2D eigenvalue weighted by atomic mass is 32.1. The largest absolute Gasteiger partial charge is 0.494 e. The average molecular weight is 386 g/mol. The molecule has 0 saturated heterocycles. The van der Waals surface area contributed by atoms with Crippen molar-refractivity contribution in [2.45, 2.75) is 13.8 Å². The SMILES string of the molecule is CCOc1ccc(OCC)c(-c2csc(NC(=O)c3cccc(F)c3)n2)c1. The first-order valence-corrected chi connectivity index (χ1v) is 9.41. The van der Waals surface area contributed by atoms with Crippen molar-refractivity contribution in [2.24, 2.45) is 0 Å². The molecule has 0 fully saturated rings. The number of carbonyl (C=O) groups excluding carboxylic acids is 1. The minimum atomic E-state index is -0.462. The van der Waals surface area contributed by atoms with Gasteiger partial charge in [-0.1, -0.05) is 6.07 Å². The predicted molar refractivity (Wildman–Crippen MR) is 104 cm³/mol. The van der Waals surface area contributed by atoms with E-state index in [2.05, 4.69) is 10.3 Å². The Morgan fingerprint density at radius 2 is 1.96 bits per heavy atom. The lowest BCUT2D eigenvalue weighted by atomic mass is 10.1. The molecule has 0 aliphatic heterocycles. The van der Waals surface area contributed by atoms with Crippen molar-refractivity contribution >= 4 is 22.4 Å². The van der Waals surface area contributed by atoms with E-state index in [1.807, 2.05) is 37.4 Å². The molecule has 0 spiro atoms. The Hall–Kier alpha value is -2.93. The van der Waals surface area contributed by atoms with E-state index in [-0.39, 0.29) is 5.56 Å². The number of thiazole rings is 1. The third kappa shape index (κ3) is 4.62. The number of rotatable bonds is 7. The monoisotopic (exact) mass is 386 g/mol. The van der Waals surface area contributed by atoms with Crippen LogP contribution in [-0.4, -0.2) is 24.1 Å². The fourth-order valence-corrected chi connectivity index (χ4v) is 3.21. The van der Waals surface area contributed by atoms with Gasteiger partial charge in [-0.05, 0) is 50.2 Å². The van der Waals surface area contributed by atoms with Gasteiger partial charge < -0.3 is 9.47 Å². The van der Waals surface area contributed by atoms with Crippen LogP contribution < -0.4 is 14.8 Å².